The fourth-order valence-corrected chi connectivity index (χ4v) is 1.88. The van der Waals surface area contributed by atoms with Crippen molar-refractivity contribution in [3.63, 3.8) is 0 Å². The zero-order chi connectivity index (χ0) is 16.2. The number of aromatic amines is 1. The molecule has 0 spiro atoms. The van der Waals surface area contributed by atoms with Gasteiger partial charge in [-0.15, -0.1) is 0 Å². The molecule has 0 amide bonds. The molecule has 0 radical (unpaired) electrons. The SMILES string of the molecule is COc1ccccc1Oc1c(O)nc(-c2ncccn2)[nH]c1=O. The highest BCUT2D eigenvalue weighted by atomic mass is 16.5. The summed E-state index contributed by atoms with van der Waals surface area (Å²) in [6, 6.07) is 8.36. The molecule has 23 heavy (non-hydrogen) atoms. The topological polar surface area (TPSA) is 110 Å². The molecule has 0 bridgehead atoms. The van der Waals surface area contributed by atoms with Gasteiger partial charge in [0.25, 0.3) is 17.2 Å². The summed E-state index contributed by atoms with van der Waals surface area (Å²) in [6.45, 7) is 0. The smallest absolute Gasteiger partial charge is 0.298 e. The fraction of sp³-hybridized carbons (Fsp3) is 0.0667. The summed E-state index contributed by atoms with van der Waals surface area (Å²) in [5.74, 6) is 0.0172. The number of para-hydroxylation sites is 2. The van der Waals surface area contributed by atoms with Gasteiger partial charge in [-0.05, 0) is 18.2 Å². The third-order valence-electron chi connectivity index (χ3n) is 2.92. The first-order valence-electron chi connectivity index (χ1n) is 6.60. The Bertz CT molecular complexity index is 880. The van der Waals surface area contributed by atoms with Crippen LogP contribution in [0, 0.1) is 0 Å². The molecule has 0 saturated carbocycles. The Kier molecular flexibility index (Phi) is 3.88. The minimum atomic E-state index is -0.661. The average molecular weight is 312 g/mol. The number of nitrogens with zero attached hydrogens (tertiary/aromatic N) is 3. The molecule has 116 valence electrons. The highest BCUT2D eigenvalue weighted by Crippen LogP contribution is 2.32. The van der Waals surface area contributed by atoms with Crippen molar-refractivity contribution in [3.05, 3.63) is 53.1 Å². The van der Waals surface area contributed by atoms with E-state index in [1.807, 2.05) is 0 Å². The summed E-state index contributed by atoms with van der Waals surface area (Å²) >= 11 is 0. The van der Waals surface area contributed by atoms with Crippen molar-refractivity contribution in [2.45, 2.75) is 0 Å². The van der Waals surface area contributed by atoms with Gasteiger partial charge in [-0.2, -0.15) is 4.98 Å². The maximum Gasteiger partial charge on any atom is 0.298 e. The van der Waals surface area contributed by atoms with Crippen LogP contribution in [0.3, 0.4) is 0 Å². The van der Waals surface area contributed by atoms with Crippen molar-refractivity contribution in [2.75, 3.05) is 7.11 Å². The van der Waals surface area contributed by atoms with Gasteiger partial charge in [0.15, 0.2) is 23.1 Å². The highest BCUT2D eigenvalue weighted by molar-refractivity contribution is 5.48. The molecule has 0 aliphatic carbocycles. The van der Waals surface area contributed by atoms with Crippen LogP contribution in [0.15, 0.2) is 47.5 Å². The fourth-order valence-electron chi connectivity index (χ4n) is 1.88. The van der Waals surface area contributed by atoms with Crippen LogP contribution in [0.4, 0.5) is 0 Å². The van der Waals surface area contributed by atoms with E-state index in [0.717, 1.165) is 0 Å². The van der Waals surface area contributed by atoms with E-state index in [1.165, 1.54) is 19.5 Å². The summed E-state index contributed by atoms with van der Waals surface area (Å²) in [6.07, 6.45) is 3.00. The number of ether oxygens (including phenoxy) is 2. The molecule has 8 nitrogen and oxygen atoms in total. The Labute approximate surface area is 130 Å². The molecule has 3 aromatic rings. The zero-order valence-corrected chi connectivity index (χ0v) is 12.1. The first kappa shape index (κ1) is 14.5. The van der Waals surface area contributed by atoms with Crippen molar-refractivity contribution < 1.29 is 14.6 Å². The predicted molar refractivity (Wildman–Crippen MR) is 80.6 cm³/mol. The largest absolute Gasteiger partial charge is 0.493 e. The Morgan fingerprint density at radius 2 is 1.78 bits per heavy atom. The minimum absolute atomic E-state index is 0.0421. The van der Waals surface area contributed by atoms with E-state index in [-0.39, 0.29) is 23.1 Å². The second-order valence-electron chi connectivity index (χ2n) is 4.39. The average Bonchev–Trinajstić information content (AvgIpc) is 2.59. The minimum Gasteiger partial charge on any atom is -0.493 e. The number of aromatic hydroxyl groups is 1. The maximum absolute atomic E-state index is 12.2. The number of aromatic nitrogens is 4. The van der Waals surface area contributed by atoms with E-state index < -0.39 is 11.4 Å². The van der Waals surface area contributed by atoms with Gasteiger partial charge in [0, 0.05) is 12.4 Å². The Balaban J connectivity index is 2.00. The molecule has 0 aliphatic rings. The van der Waals surface area contributed by atoms with Crippen molar-refractivity contribution in [1.82, 2.24) is 19.9 Å². The third-order valence-corrected chi connectivity index (χ3v) is 2.92. The van der Waals surface area contributed by atoms with Gasteiger partial charge in [0.05, 0.1) is 7.11 Å². The molecule has 0 fully saturated rings. The molecule has 1 aromatic carbocycles. The van der Waals surface area contributed by atoms with Crippen molar-refractivity contribution in [3.8, 4) is 34.8 Å². The van der Waals surface area contributed by atoms with Crippen LogP contribution >= 0.6 is 0 Å². The van der Waals surface area contributed by atoms with E-state index in [2.05, 4.69) is 19.9 Å². The second-order valence-corrected chi connectivity index (χ2v) is 4.39. The predicted octanol–water partition coefficient (Wildman–Crippen LogP) is 1.73. The molecule has 2 aromatic heterocycles. The van der Waals surface area contributed by atoms with Crippen molar-refractivity contribution >= 4 is 0 Å². The summed E-state index contributed by atoms with van der Waals surface area (Å²) in [4.78, 5) is 26.4. The number of nitrogens with one attached hydrogen (secondary N) is 1. The zero-order valence-electron chi connectivity index (χ0n) is 12.1. The molecule has 3 rings (SSSR count). The quantitative estimate of drug-likeness (QED) is 0.754. The first-order chi connectivity index (χ1) is 11.2. The lowest BCUT2D eigenvalue weighted by Gasteiger charge is -2.10. The van der Waals surface area contributed by atoms with E-state index in [0.29, 0.717) is 5.75 Å². The molecule has 0 unspecified atom stereocenters. The van der Waals surface area contributed by atoms with Crippen molar-refractivity contribution in [1.29, 1.82) is 0 Å². The van der Waals surface area contributed by atoms with Crippen molar-refractivity contribution in [2.24, 2.45) is 0 Å². The lowest BCUT2D eigenvalue weighted by molar-refractivity contribution is 0.358. The summed E-state index contributed by atoms with van der Waals surface area (Å²) in [5, 5.41) is 10.0. The van der Waals surface area contributed by atoms with Gasteiger partial charge in [-0.1, -0.05) is 12.1 Å². The molecular weight excluding hydrogens is 300 g/mol. The lowest BCUT2D eigenvalue weighted by atomic mass is 10.3. The van der Waals surface area contributed by atoms with Crippen LogP contribution in [0.25, 0.3) is 11.6 Å². The Morgan fingerprint density at radius 3 is 2.43 bits per heavy atom. The first-order valence-corrected chi connectivity index (χ1v) is 6.60. The monoisotopic (exact) mass is 312 g/mol. The summed E-state index contributed by atoms with van der Waals surface area (Å²) < 4.78 is 10.6. The molecule has 0 saturated heterocycles. The molecule has 0 atom stereocenters. The summed E-state index contributed by atoms with van der Waals surface area (Å²) in [7, 11) is 1.47. The maximum atomic E-state index is 12.2. The molecule has 8 heteroatoms. The van der Waals surface area contributed by atoms with Gasteiger partial charge in [0.2, 0.25) is 0 Å². The Hall–Kier alpha value is -3.42. The number of hydrogen-bond donors (Lipinski definition) is 2. The van der Waals surface area contributed by atoms with Crippen LogP contribution in [-0.4, -0.2) is 32.2 Å². The van der Waals surface area contributed by atoms with Crippen LogP contribution in [0.5, 0.6) is 23.1 Å². The lowest BCUT2D eigenvalue weighted by Crippen LogP contribution is -2.12. The summed E-state index contributed by atoms with van der Waals surface area (Å²) in [5.41, 5.74) is -0.661. The molecular formula is C15H12N4O4. The third kappa shape index (κ3) is 2.95. The van der Waals surface area contributed by atoms with Crippen LogP contribution in [-0.2, 0) is 0 Å². The number of benzene rings is 1. The van der Waals surface area contributed by atoms with Gasteiger partial charge >= 0.3 is 0 Å². The van der Waals surface area contributed by atoms with Crippen LogP contribution in [0.2, 0.25) is 0 Å². The molecule has 2 heterocycles. The van der Waals surface area contributed by atoms with Gasteiger partial charge in [-0.25, -0.2) is 9.97 Å². The van der Waals surface area contributed by atoms with Gasteiger partial charge in [0.1, 0.15) is 0 Å². The van der Waals surface area contributed by atoms with E-state index in [1.54, 1.807) is 30.3 Å². The normalized spacial score (nSPS) is 10.3. The van der Waals surface area contributed by atoms with Crippen LogP contribution < -0.4 is 15.0 Å². The number of rotatable bonds is 4. The second kappa shape index (κ2) is 6.14. The van der Waals surface area contributed by atoms with Gasteiger partial charge in [-0.3, -0.25) is 4.79 Å². The highest BCUT2D eigenvalue weighted by Gasteiger charge is 2.16. The van der Waals surface area contributed by atoms with Gasteiger partial charge < -0.3 is 19.6 Å². The standard InChI is InChI=1S/C15H12N4O4/c1-22-9-5-2-3-6-10(9)23-11-14(20)18-13(19-15(11)21)12-16-7-4-8-17-12/h2-8H,1H3,(H2,18,19,20,21). The number of H-pyrrole nitrogens is 1. The van der Waals surface area contributed by atoms with E-state index in [9.17, 15) is 9.90 Å². The van der Waals surface area contributed by atoms with E-state index in [4.69, 9.17) is 9.47 Å². The van der Waals surface area contributed by atoms with Crippen LogP contribution in [0.1, 0.15) is 0 Å². The number of hydrogen-bond acceptors (Lipinski definition) is 7. The number of methoxy groups -OCH3 is 1. The molecule has 0 aliphatic heterocycles. The van der Waals surface area contributed by atoms with E-state index >= 15 is 0 Å². The Morgan fingerprint density at radius 1 is 1.09 bits per heavy atom. The molecule has 2 N–H and O–H groups in total.